The smallest absolute Gasteiger partial charge is 0.0280 e. The highest BCUT2D eigenvalue weighted by Crippen LogP contribution is 2.19. The number of allylic oxidation sites excluding steroid dienone is 5. The fourth-order valence-corrected chi connectivity index (χ4v) is 1.08. The van der Waals surface area contributed by atoms with Gasteiger partial charge in [0, 0.05) is 0 Å². The van der Waals surface area contributed by atoms with E-state index in [4.69, 9.17) is 0 Å². The molecule has 0 amide bonds. The summed E-state index contributed by atoms with van der Waals surface area (Å²) in [5, 5.41) is 0. The van der Waals surface area contributed by atoms with E-state index >= 15 is 0 Å². The second kappa shape index (κ2) is 6.90. The van der Waals surface area contributed by atoms with Crippen molar-refractivity contribution in [1.29, 1.82) is 0 Å². The van der Waals surface area contributed by atoms with E-state index in [1.807, 2.05) is 6.92 Å². The van der Waals surface area contributed by atoms with Gasteiger partial charge in [-0.15, -0.1) is 6.58 Å². The monoisotopic (exact) mass is 164 g/mol. The molecule has 0 aromatic heterocycles. The van der Waals surface area contributed by atoms with Gasteiger partial charge >= 0.3 is 0 Å². The number of hydrogen-bond acceptors (Lipinski definition) is 0. The van der Waals surface area contributed by atoms with E-state index in [0.29, 0.717) is 0 Å². The van der Waals surface area contributed by atoms with Crippen LogP contribution in [-0.2, 0) is 0 Å². The van der Waals surface area contributed by atoms with Crippen LogP contribution in [0.15, 0.2) is 36.0 Å². The average Bonchev–Trinajstić information content (AvgIpc) is 2.07. The molecule has 0 aromatic carbocycles. The van der Waals surface area contributed by atoms with E-state index in [2.05, 4.69) is 32.6 Å². The Morgan fingerprint density at radius 1 is 1.42 bits per heavy atom. The molecule has 0 heteroatoms. The van der Waals surface area contributed by atoms with Gasteiger partial charge in [0.25, 0.3) is 0 Å². The van der Waals surface area contributed by atoms with Crippen molar-refractivity contribution in [1.82, 2.24) is 0 Å². The fraction of sp³-hybridized carbons (Fsp3) is 0.500. The largest absolute Gasteiger partial charge is 0.103 e. The Morgan fingerprint density at radius 2 is 2.00 bits per heavy atom. The summed E-state index contributed by atoms with van der Waals surface area (Å²) >= 11 is 0. The van der Waals surface area contributed by atoms with Gasteiger partial charge in [0.05, 0.1) is 0 Å². The molecule has 0 N–H and O–H groups in total. The van der Waals surface area contributed by atoms with Crippen molar-refractivity contribution in [3.63, 3.8) is 0 Å². The molecule has 0 unspecified atom stereocenters. The molecule has 0 bridgehead atoms. The lowest BCUT2D eigenvalue weighted by molar-refractivity contribution is 0.857. The zero-order chi connectivity index (χ0) is 9.40. The molecule has 1 aliphatic rings. The van der Waals surface area contributed by atoms with Gasteiger partial charge in [0.1, 0.15) is 0 Å². The summed E-state index contributed by atoms with van der Waals surface area (Å²) in [5.74, 6) is 0. The second-order valence-electron chi connectivity index (χ2n) is 3.10. The van der Waals surface area contributed by atoms with E-state index in [0.717, 1.165) is 0 Å². The van der Waals surface area contributed by atoms with Gasteiger partial charge in [-0.2, -0.15) is 0 Å². The van der Waals surface area contributed by atoms with Gasteiger partial charge in [-0.1, -0.05) is 36.3 Å². The molecule has 0 spiro atoms. The number of hydrogen-bond donors (Lipinski definition) is 0. The van der Waals surface area contributed by atoms with Crippen LogP contribution in [0.1, 0.15) is 40.0 Å². The summed E-state index contributed by atoms with van der Waals surface area (Å²) in [6.45, 7) is 9.67. The molecule has 0 heterocycles. The molecule has 1 aliphatic carbocycles. The summed E-state index contributed by atoms with van der Waals surface area (Å²) in [4.78, 5) is 0. The molecule has 0 fully saturated rings. The van der Waals surface area contributed by atoms with Crippen molar-refractivity contribution in [2.24, 2.45) is 0 Å². The normalized spacial score (nSPS) is 15.2. The van der Waals surface area contributed by atoms with Gasteiger partial charge in [0.15, 0.2) is 0 Å². The summed E-state index contributed by atoms with van der Waals surface area (Å²) < 4.78 is 0. The lowest BCUT2D eigenvalue weighted by Crippen LogP contribution is -1.88. The van der Waals surface area contributed by atoms with Crippen LogP contribution in [-0.4, -0.2) is 0 Å². The predicted octanol–water partition coefficient (Wildman–Crippen LogP) is 4.26. The highest BCUT2D eigenvalue weighted by molar-refractivity contribution is 5.22. The Morgan fingerprint density at radius 3 is 2.33 bits per heavy atom. The van der Waals surface area contributed by atoms with Crippen LogP contribution in [0.5, 0.6) is 0 Å². The third kappa shape index (κ3) is 4.95. The van der Waals surface area contributed by atoms with Crippen molar-refractivity contribution in [3.05, 3.63) is 36.0 Å². The second-order valence-corrected chi connectivity index (χ2v) is 3.10. The topological polar surface area (TPSA) is 0 Å². The zero-order valence-corrected chi connectivity index (χ0v) is 8.56. The molecular weight excluding hydrogens is 144 g/mol. The Hall–Kier alpha value is -0.780. The molecular formula is C12H20. The highest BCUT2D eigenvalue weighted by atomic mass is 14.0. The molecule has 0 saturated heterocycles. The van der Waals surface area contributed by atoms with Crippen LogP contribution < -0.4 is 0 Å². The van der Waals surface area contributed by atoms with E-state index in [1.54, 1.807) is 11.6 Å². The molecule has 0 nitrogen and oxygen atoms in total. The first-order valence-electron chi connectivity index (χ1n) is 4.66. The first-order chi connectivity index (χ1) is 5.74. The minimum Gasteiger partial charge on any atom is -0.103 e. The van der Waals surface area contributed by atoms with Crippen LogP contribution in [0.3, 0.4) is 0 Å². The van der Waals surface area contributed by atoms with Gasteiger partial charge in [-0.05, 0) is 33.1 Å². The predicted molar refractivity (Wildman–Crippen MR) is 57.2 cm³/mol. The maximum Gasteiger partial charge on any atom is -0.0280 e. The maximum atomic E-state index is 3.36. The Bertz CT molecular complexity index is 182. The molecule has 68 valence electrons. The average molecular weight is 164 g/mol. The van der Waals surface area contributed by atoms with Gasteiger partial charge in [0.2, 0.25) is 0 Å². The summed E-state index contributed by atoms with van der Waals surface area (Å²) in [5.41, 5.74) is 3.12. The van der Waals surface area contributed by atoms with E-state index in [9.17, 15) is 0 Å². The van der Waals surface area contributed by atoms with Crippen molar-refractivity contribution < 1.29 is 0 Å². The van der Waals surface area contributed by atoms with Crippen LogP contribution in [0.2, 0.25) is 0 Å². The molecule has 12 heavy (non-hydrogen) atoms. The van der Waals surface area contributed by atoms with Gasteiger partial charge in [-0.25, -0.2) is 0 Å². The maximum absolute atomic E-state index is 3.36. The minimum absolute atomic E-state index is 1.23. The quantitative estimate of drug-likeness (QED) is 0.508. The van der Waals surface area contributed by atoms with Gasteiger partial charge < -0.3 is 0 Å². The van der Waals surface area contributed by atoms with Crippen molar-refractivity contribution in [3.8, 4) is 0 Å². The van der Waals surface area contributed by atoms with Crippen molar-refractivity contribution >= 4 is 0 Å². The van der Waals surface area contributed by atoms with E-state index in [1.165, 1.54) is 24.8 Å². The molecule has 1 rings (SSSR count). The van der Waals surface area contributed by atoms with Crippen molar-refractivity contribution in [2.45, 2.75) is 40.0 Å². The van der Waals surface area contributed by atoms with Crippen LogP contribution in [0.4, 0.5) is 0 Å². The van der Waals surface area contributed by atoms with Crippen LogP contribution in [0.25, 0.3) is 0 Å². The molecule has 0 aliphatic heterocycles. The molecule has 0 saturated carbocycles. The lowest BCUT2D eigenvalue weighted by Gasteiger charge is -2.08. The van der Waals surface area contributed by atoms with E-state index < -0.39 is 0 Å². The Labute approximate surface area is 76.7 Å². The summed E-state index contributed by atoms with van der Waals surface area (Å²) in [6, 6.07) is 0. The SMILES string of the molecule is C=CC.CCC1=CC=C(C)CC1. The molecule has 0 atom stereocenters. The molecule has 0 radical (unpaired) electrons. The third-order valence-electron chi connectivity index (χ3n) is 1.90. The Kier molecular flexibility index (Phi) is 6.45. The minimum atomic E-state index is 1.23. The Balaban J connectivity index is 0.000000354. The summed E-state index contributed by atoms with van der Waals surface area (Å²) in [6.07, 6.45) is 10.0. The van der Waals surface area contributed by atoms with E-state index in [-0.39, 0.29) is 0 Å². The molecule has 0 aromatic rings. The summed E-state index contributed by atoms with van der Waals surface area (Å²) in [7, 11) is 0. The third-order valence-corrected chi connectivity index (χ3v) is 1.90. The lowest BCUT2D eigenvalue weighted by atomic mass is 9.98. The highest BCUT2D eigenvalue weighted by Gasteiger charge is 1.99. The van der Waals surface area contributed by atoms with Crippen LogP contribution in [0, 0.1) is 0 Å². The van der Waals surface area contributed by atoms with Gasteiger partial charge in [-0.3, -0.25) is 0 Å². The fourth-order valence-electron chi connectivity index (χ4n) is 1.08. The zero-order valence-electron chi connectivity index (χ0n) is 8.56. The first-order valence-corrected chi connectivity index (χ1v) is 4.66. The standard InChI is InChI=1S/C9H14.C3H6/c1-3-9-6-4-8(2)5-7-9;1-3-2/h4,6H,3,5,7H2,1-2H3;3H,1H2,2H3. The van der Waals surface area contributed by atoms with Crippen LogP contribution >= 0.6 is 0 Å². The first kappa shape index (κ1) is 11.2. The number of rotatable bonds is 1. The van der Waals surface area contributed by atoms with Crippen molar-refractivity contribution in [2.75, 3.05) is 0 Å².